The lowest BCUT2D eigenvalue weighted by molar-refractivity contribution is 0.0955. The van der Waals surface area contributed by atoms with Crippen molar-refractivity contribution in [2.24, 2.45) is 0 Å². The first-order valence-electron chi connectivity index (χ1n) is 10.0. The number of anilines is 1. The van der Waals surface area contributed by atoms with Crippen LogP contribution in [-0.2, 0) is 0 Å². The van der Waals surface area contributed by atoms with E-state index in [2.05, 4.69) is 29.7 Å². The second-order valence-corrected chi connectivity index (χ2v) is 7.33. The summed E-state index contributed by atoms with van der Waals surface area (Å²) in [6, 6.07) is 23.7. The Morgan fingerprint density at radius 1 is 0.800 bits per heavy atom. The Morgan fingerprint density at radius 2 is 1.47 bits per heavy atom. The van der Waals surface area contributed by atoms with Crippen LogP contribution >= 0.6 is 0 Å². The summed E-state index contributed by atoms with van der Waals surface area (Å²) >= 11 is 0. The number of nitrogens with zero attached hydrogens (tertiary/aromatic N) is 2. The van der Waals surface area contributed by atoms with Gasteiger partial charge in [-0.2, -0.15) is 0 Å². The van der Waals surface area contributed by atoms with E-state index in [9.17, 15) is 4.79 Å². The van der Waals surface area contributed by atoms with Crippen LogP contribution in [0.3, 0.4) is 0 Å². The number of rotatable bonds is 6. The molecule has 0 saturated carbocycles. The van der Waals surface area contributed by atoms with E-state index in [0.29, 0.717) is 24.5 Å². The van der Waals surface area contributed by atoms with Gasteiger partial charge in [-0.1, -0.05) is 59.7 Å². The Bertz CT molecular complexity index is 1170. The molecule has 150 valence electrons. The zero-order valence-corrected chi connectivity index (χ0v) is 17.1. The van der Waals surface area contributed by atoms with Crippen molar-refractivity contribution in [1.29, 1.82) is 0 Å². The van der Waals surface area contributed by atoms with Gasteiger partial charge in [0.2, 0.25) is 0 Å². The SMILES string of the molecule is Cc1ccc(C(=O)NCCNc2nc(-c3ccc(C)cc3)nc3ccccc23)cc1. The summed E-state index contributed by atoms with van der Waals surface area (Å²) in [5.74, 6) is 1.37. The van der Waals surface area contributed by atoms with Gasteiger partial charge in [-0.3, -0.25) is 4.79 Å². The number of aromatic nitrogens is 2. The third kappa shape index (κ3) is 4.46. The van der Waals surface area contributed by atoms with Crippen LogP contribution in [-0.4, -0.2) is 29.0 Å². The maximum Gasteiger partial charge on any atom is 0.251 e. The van der Waals surface area contributed by atoms with E-state index in [0.717, 1.165) is 27.8 Å². The number of amides is 1. The Labute approximate surface area is 176 Å². The maximum atomic E-state index is 12.3. The van der Waals surface area contributed by atoms with Crippen LogP contribution in [0.1, 0.15) is 21.5 Å². The van der Waals surface area contributed by atoms with E-state index in [1.165, 1.54) is 5.56 Å². The van der Waals surface area contributed by atoms with Gasteiger partial charge >= 0.3 is 0 Å². The van der Waals surface area contributed by atoms with Crippen molar-refractivity contribution in [2.45, 2.75) is 13.8 Å². The fraction of sp³-hybridized carbons (Fsp3) is 0.160. The first-order chi connectivity index (χ1) is 14.6. The number of carbonyl (C=O) groups excluding carboxylic acids is 1. The lowest BCUT2D eigenvalue weighted by Gasteiger charge is -2.12. The van der Waals surface area contributed by atoms with Crippen LogP contribution in [0.25, 0.3) is 22.3 Å². The molecule has 2 N–H and O–H groups in total. The van der Waals surface area contributed by atoms with Crippen LogP contribution < -0.4 is 10.6 Å². The first-order valence-corrected chi connectivity index (χ1v) is 10.0. The number of hydrogen-bond donors (Lipinski definition) is 2. The van der Waals surface area contributed by atoms with Gasteiger partial charge < -0.3 is 10.6 Å². The molecule has 0 aliphatic carbocycles. The molecular formula is C25H24N4O. The largest absolute Gasteiger partial charge is 0.368 e. The van der Waals surface area contributed by atoms with Crippen molar-refractivity contribution in [1.82, 2.24) is 15.3 Å². The predicted molar refractivity (Wildman–Crippen MR) is 122 cm³/mol. The minimum atomic E-state index is -0.0790. The predicted octanol–water partition coefficient (Wildman–Crippen LogP) is 4.76. The molecule has 30 heavy (non-hydrogen) atoms. The van der Waals surface area contributed by atoms with Crippen LogP contribution in [0.2, 0.25) is 0 Å². The molecule has 1 aromatic heterocycles. The summed E-state index contributed by atoms with van der Waals surface area (Å²) < 4.78 is 0. The van der Waals surface area contributed by atoms with Crippen molar-refractivity contribution in [3.05, 3.63) is 89.5 Å². The molecule has 0 aliphatic heterocycles. The van der Waals surface area contributed by atoms with E-state index in [-0.39, 0.29) is 5.91 Å². The number of para-hydroxylation sites is 1. The number of benzene rings is 3. The molecule has 1 amide bonds. The van der Waals surface area contributed by atoms with Crippen molar-refractivity contribution in [3.63, 3.8) is 0 Å². The summed E-state index contributed by atoms with van der Waals surface area (Å²) in [5, 5.41) is 7.26. The molecule has 4 rings (SSSR count). The minimum Gasteiger partial charge on any atom is -0.368 e. The highest BCUT2D eigenvalue weighted by atomic mass is 16.1. The average Bonchev–Trinajstić information content (AvgIpc) is 2.77. The van der Waals surface area contributed by atoms with Crippen molar-refractivity contribution in [2.75, 3.05) is 18.4 Å². The van der Waals surface area contributed by atoms with E-state index >= 15 is 0 Å². The van der Waals surface area contributed by atoms with Gasteiger partial charge in [-0.05, 0) is 38.1 Å². The molecule has 0 aliphatic rings. The highest BCUT2D eigenvalue weighted by Gasteiger charge is 2.09. The average molecular weight is 396 g/mol. The normalized spacial score (nSPS) is 10.7. The molecule has 0 saturated heterocycles. The van der Waals surface area contributed by atoms with Crippen LogP contribution in [0, 0.1) is 13.8 Å². The molecule has 0 unspecified atom stereocenters. The highest BCUT2D eigenvalue weighted by Crippen LogP contribution is 2.24. The van der Waals surface area contributed by atoms with Crippen LogP contribution in [0.4, 0.5) is 5.82 Å². The summed E-state index contributed by atoms with van der Waals surface area (Å²) in [5.41, 5.74) is 4.85. The Morgan fingerprint density at radius 3 is 2.20 bits per heavy atom. The zero-order chi connectivity index (χ0) is 20.9. The second-order valence-electron chi connectivity index (χ2n) is 7.33. The molecule has 1 heterocycles. The lowest BCUT2D eigenvalue weighted by atomic mass is 10.1. The van der Waals surface area contributed by atoms with Gasteiger partial charge in [0.15, 0.2) is 5.82 Å². The number of aryl methyl sites for hydroxylation is 2. The fourth-order valence-corrected chi connectivity index (χ4v) is 3.21. The summed E-state index contributed by atoms with van der Waals surface area (Å²) in [7, 11) is 0. The lowest BCUT2D eigenvalue weighted by Crippen LogP contribution is -2.28. The number of carbonyl (C=O) groups is 1. The quantitative estimate of drug-likeness (QED) is 0.461. The molecular weight excluding hydrogens is 372 g/mol. The van der Waals surface area contributed by atoms with E-state index in [4.69, 9.17) is 9.97 Å². The van der Waals surface area contributed by atoms with Crippen LogP contribution in [0.15, 0.2) is 72.8 Å². The minimum absolute atomic E-state index is 0.0790. The zero-order valence-electron chi connectivity index (χ0n) is 17.1. The van der Waals surface area contributed by atoms with Gasteiger partial charge in [0.25, 0.3) is 5.91 Å². The molecule has 0 spiro atoms. The molecule has 5 heteroatoms. The molecule has 0 fully saturated rings. The highest BCUT2D eigenvalue weighted by molar-refractivity contribution is 5.94. The molecule has 4 aromatic rings. The first kappa shape index (κ1) is 19.6. The summed E-state index contributed by atoms with van der Waals surface area (Å²) in [6.45, 7) is 5.11. The van der Waals surface area contributed by atoms with Crippen molar-refractivity contribution < 1.29 is 4.79 Å². The summed E-state index contributed by atoms with van der Waals surface area (Å²) in [4.78, 5) is 21.8. The van der Waals surface area contributed by atoms with Crippen LogP contribution in [0.5, 0.6) is 0 Å². The molecule has 0 atom stereocenters. The number of hydrogen-bond acceptors (Lipinski definition) is 4. The smallest absolute Gasteiger partial charge is 0.251 e. The standard InChI is InChI=1S/C25H24N4O/c1-17-7-11-19(12-8-17)23-28-22-6-4-3-5-21(22)24(29-23)26-15-16-27-25(30)20-13-9-18(2)10-14-20/h3-14H,15-16H2,1-2H3,(H,27,30)(H,26,28,29). The van der Waals surface area contributed by atoms with Gasteiger partial charge in [0.05, 0.1) is 5.52 Å². The van der Waals surface area contributed by atoms with Gasteiger partial charge in [-0.25, -0.2) is 9.97 Å². The van der Waals surface area contributed by atoms with Gasteiger partial charge in [0, 0.05) is 29.6 Å². The van der Waals surface area contributed by atoms with Gasteiger partial charge in [-0.15, -0.1) is 0 Å². The number of nitrogens with one attached hydrogen (secondary N) is 2. The third-order valence-corrected chi connectivity index (χ3v) is 4.93. The van der Waals surface area contributed by atoms with E-state index in [1.54, 1.807) is 0 Å². The maximum absolute atomic E-state index is 12.3. The van der Waals surface area contributed by atoms with Gasteiger partial charge in [0.1, 0.15) is 5.82 Å². The fourth-order valence-electron chi connectivity index (χ4n) is 3.21. The molecule has 0 radical (unpaired) electrons. The van der Waals surface area contributed by atoms with E-state index in [1.807, 2.05) is 67.6 Å². The molecule has 3 aromatic carbocycles. The third-order valence-electron chi connectivity index (χ3n) is 4.93. The Hall–Kier alpha value is -3.73. The summed E-state index contributed by atoms with van der Waals surface area (Å²) in [6.07, 6.45) is 0. The van der Waals surface area contributed by atoms with Crippen molar-refractivity contribution >= 4 is 22.6 Å². The Balaban J connectivity index is 1.48. The van der Waals surface area contributed by atoms with E-state index < -0.39 is 0 Å². The Kier molecular flexibility index (Phi) is 5.70. The topological polar surface area (TPSA) is 66.9 Å². The monoisotopic (exact) mass is 396 g/mol. The number of fused-ring (bicyclic) bond motifs is 1. The molecule has 0 bridgehead atoms. The van der Waals surface area contributed by atoms with Crippen molar-refractivity contribution in [3.8, 4) is 11.4 Å². The molecule has 5 nitrogen and oxygen atoms in total. The second kappa shape index (κ2) is 8.74.